The SMILES string of the molecule is C[C@H]1CC(=O)[C@@H]2[C@H]1C(=O)OC2(C)C. The molecule has 0 spiro atoms. The molecule has 0 unspecified atom stereocenters. The third-order valence-electron chi connectivity index (χ3n) is 3.23. The highest BCUT2D eigenvalue weighted by Crippen LogP contribution is 2.47. The Hall–Kier alpha value is -0.860. The van der Waals surface area contributed by atoms with Gasteiger partial charge < -0.3 is 4.74 Å². The molecule has 0 radical (unpaired) electrons. The van der Waals surface area contributed by atoms with Crippen molar-refractivity contribution in [1.82, 2.24) is 0 Å². The molecule has 3 atom stereocenters. The molecule has 1 aliphatic heterocycles. The predicted octanol–water partition coefficient (Wildman–Crippen LogP) is 1.16. The highest BCUT2D eigenvalue weighted by molar-refractivity contribution is 5.94. The van der Waals surface area contributed by atoms with Crippen molar-refractivity contribution >= 4 is 11.8 Å². The van der Waals surface area contributed by atoms with Crippen LogP contribution in [0, 0.1) is 17.8 Å². The number of cyclic esters (lactones) is 1. The molecule has 3 heteroatoms. The number of ether oxygens (including phenoxy) is 1. The summed E-state index contributed by atoms with van der Waals surface area (Å²) in [6, 6.07) is 0. The fourth-order valence-corrected chi connectivity index (χ4v) is 2.68. The van der Waals surface area contributed by atoms with Crippen molar-refractivity contribution < 1.29 is 14.3 Å². The Balaban J connectivity index is 2.40. The topological polar surface area (TPSA) is 43.4 Å². The number of hydrogen-bond donors (Lipinski definition) is 0. The fourth-order valence-electron chi connectivity index (χ4n) is 2.68. The monoisotopic (exact) mass is 182 g/mol. The van der Waals surface area contributed by atoms with Gasteiger partial charge in [-0.3, -0.25) is 9.59 Å². The van der Waals surface area contributed by atoms with Crippen molar-refractivity contribution in [3.63, 3.8) is 0 Å². The van der Waals surface area contributed by atoms with Gasteiger partial charge in [0, 0.05) is 6.42 Å². The van der Waals surface area contributed by atoms with Crippen LogP contribution in [0.4, 0.5) is 0 Å². The molecule has 13 heavy (non-hydrogen) atoms. The Morgan fingerprint density at radius 3 is 2.54 bits per heavy atom. The zero-order valence-electron chi connectivity index (χ0n) is 8.16. The van der Waals surface area contributed by atoms with Crippen molar-refractivity contribution in [3.8, 4) is 0 Å². The minimum Gasteiger partial charge on any atom is -0.459 e. The third kappa shape index (κ3) is 1.02. The van der Waals surface area contributed by atoms with Gasteiger partial charge in [0.2, 0.25) is 0 Å². The largest absolute Gasteiger partial charge is 0.459 e. The van der Waals surface area contributed by atoms with Gasteiger partial charge in [-0.2, -0.15) is 0 Å². The molecule has 0 N–H and O–H groups in total. The summed E-state index contributed by atoms with van der Waals surface area (Å²) in [6.45, 7) is 5.60. The predicted molar refractivity (Wildman–Crippen MR) is 45.9 cm³/mol. The lowest BCUT2D eigenvalue weighted by Gasteiger charge is -2.21. The molecule has 3 nitrogen and oxygen atoms in total. The maximum absolute atomic E-state index is 11.6. The average Bonchev–Trinajstić information content (AvgIpc) is 2.35. The molecular weight excluding hydrogens is 168 g/mol. The molecule has 0 amide bonds. The van der Waals surface area contributed by atoms with Crippen LogP contribution in [0.5, 0.6) is 0 Å². The summed E-state index contributed by atoms with van der Waals surface area (Å²) in [5.41, 5.74) is -0.580. The lowest BCUT2D eigenvalue weighted by molar-refractivity contribution is -0.150. The van der Waals surface area contributed by atoms with E-state index in [9.17, 15) is 9.59 Å². The van der Waals surface area contributed by atoms with Crippen molar-refractivity contribution in [2.45, 2.75) is 32.8 Å². The number of ketones is 1. The van der Waals surface area contributed by atoms with Crippen LogP contribution < -0.4 is 0 Å². The first-order valence-electron chi connectivity index (χ1n) is 4.69. The van der Waals surface area contributed by atoms with Gasteiger partial charge in [-0.25, -0.2) is 0 Å². The van der Waals surface area contributed by atoms with Gasteiger partial charge in [0.05, 0.1) is 11.8 Å². The second-order valence-electron chi connectivity index (χ2n) is 4.68. The molecule has 1 saturated carbocycles. The molecular formula is C10H14O3. The first kappa shape index (κ1) is 8.73. The summed E-state index contributed by atoms with van der Waals surface area (Å²) in [4.78, 5) is 23.0. The number of rotatable bonds is 0. The Labute approximate surface area is 77.4 Å². The van der Waals surface area contributed by atoms with Gasteiger partial charge in [-0.1, -0.05) is 6.92 Å². The summed E-state index contributed by atoms with van der Waals surface area (Å²) in [5.74, 6) is -0.217. The molecule has 0 aromatic carbocycles. The van der Waals surface area contributed by atoms with Gasteiger partial charge in [-0.15, -0.1) is 0 Å². The van der Waals surface area contributed by atoms with Crippen molar-refractivity contribution in [1.29, 1.82) is 0 Å². The molecule has 72 valence electrons. The standard InChI is InChI=1S/C10H14O3/c1-5-4-6(11)8-7(5)9(12)13-10(8,2)3/h5,7-8H,4H2,1-3H3/t5-,7-,8+/m0/s1. The van der Waals surface area contributed by atoms with E-state index in [0.717, 1.165) is 0 Å². The van der Waals surface area contributed by atoms with Crippen LogP contribution in [0.2, 0.25) is 0 Å². The summed E-state index contributed by atoms with van der Waals surface area (Å²) in [6.07, 6.45) is 0.536. The second kappa shape index (κ2) is 2.34. The maximum atomic E-state index is 11.6. The maximum Gasteiger partial charge on any atom is 0.310 e. The quantitative estimate of drug-likeness (QED) is 0.528. The lowest BCUT2D eigenvalue weighted by Crippen LogP contribution is -2.32. The molecule has 0 aromatic heterocycles. The molecule has 1 heterocycles. The zero-order valence-corrected chi connectivity index (χ0v) is 8.16. The molecule has 2 fully saturated rings. The zero-order chi connectivity index (χ0) is 9.80. The minimum atomic E-state index is -0.580. The van der Waals surface area contributed by atoms with Gasteiger partial charge >= 0.3 is 5.97 Å². The van der Waals surface area contributed by atoms with E-state index in [2.05, 4.69) is 0 Å². The van der Waals surface area contributed by atoms with Crippen LogP contribution in [0.1, 0.15) is 27.2 Å². The van der Waals surface area contributed by atoms with E-state index in [4.69, 9.17) is 4.74 Å². The van der Waals surface area contributed by atoms with Crippen LogP contribution in [0.25, 0.3) is 0 Å². The highest BCUT2D eigenvalue weighted by Gasteiger charge is 2.59. The van der Waals surface area contributed by atoms with Crippen molar-refractivity contribution in [3.05, 3.63) is 0 Å². The Bertz CT molecular complexity index is 278. The summed E-state index contributed by atoms with van der Waals surface area (Å²) >= 11 is 0. The van der Waals surface area contributed by atoms with E-state index >= 15 is 0 Å². The molecule has 1 saturated heterocycles. The van der Waals surface area contributed by atoms with E-state index in [1.54, 1.807) is 0 Å². The van der Waals surface area contributed by atoms with Gasteiger partial charge in [0.15, 0.2) is 0 Å². The number of fused-ring (bicyclic) bond motifs is 1. The van der Waals surface area contributed by atoms with Gasteiger partial charge in [0.1, 0.15) is 11.4 Å². The lowest BCUT2D eigenvalue weighted by atomic mass is 9.83. The normalized spacial score (nSPS) is 41.9. The average molecular weight is 182 g/mol. The van der Waals surface area contributed by atoms with Gasteiger partial charge in [-0.05, 0) is 19.8 Å². The van der Waals surface area contributed by atoms with Gasteiger partial charge in [0.25, 0.3) is 0 Å². The first-order valence-corrected chi connectivity index (χ1v) is 4.69. The molecule has 1 aliphatic carbocycles. The van der Waals surface area contributed by atoms with E-state index in [1.807, 2.05) is 20.8 Å². The smallest absolute Gasteiger partial charge is 0.310 e. The van der Waals surface area contributed by atoms with Crippen LogP contribution in [0.3, 0.4) is 0 Å². The third-order valence-corrected chi connectivity index (χ3v) is 3.23. The van der Waals surface area contributed by atoms with Crippen LogP contribution in [-0.2, 0) is 14.3 Å². The van der Waals surface area contributed by atoms with Crippen LogP contribution in [-0.4, -0.2) is 17.4 Å². The van der Waals surface area contributed by atoms with E-state index < -0.39 is 5.60 Å². The van der Waals surface area contributed by atoms with E-state index in [1.165, 1.54) is 0 Å². The molecule has 0 aromatic rings. The number of Topliss-reactive ketones (excluding diaryl/α,β-unsaturated/α-hetero) is 1. The van der Waals surface area contributed by atoms with E-state index in [-0.39, 0.29) is 29.5 Å². The van der Waals surface area contributed by atoms with Crippen molar-refractivity contribution in [2.75, 3.05) is 0 Å². The highest BCUT2D eigenvalue weighted by atomic mass is 16.6. The molecule has 2 rings (SSSR count). The van der Waals surface area contributed by atoms with Crippen LogP contribution >= 0.6 is 0 Å². The molecule has 0 bridgehead atoms. The Kier molecular flexibility index (Phi) is 1.57. The van der Waals surface area contributed by atoms with Crippen LogP contribution in [0.15, 0.2) is 0 Å². The summed E-state index contributed by atoms with van der Waals surface area (Å²) in [7, 11) is 0. The number of hydrogen-bond acceptors (Lipinski definition) is 3. The number of carbonyl (C=O) groups is 2. The Morgan fingerprint density at radius 2 is 2.00 bits per heavy atom. The molecule has 2 aliphatic rings. The first-order chi connectivity index (χ1) is 5.93. The van der Waals surface area contributed by atoms with E-state index in [0.29, 0.717) is 6.42 Å². The second-order valence-corrected chi connectivity index (χ2v) is 4.68. The summed E-state index contributed by atoms with van der Waals surface area (Å²) < 4.78 is 5.20. The summed E-state index contributed by atoms with van der Waals surface area (Å²) in [5, 5.41) is 0. The Morgan fingerprint density at radius 1 is 1.38 bits per heavy atom. The minimum absolute atomic E-state index is 0.159. The van der Waals surface area contributed by atoms with Crippen molar-refractivity contribution in [2.24, 2.45) is 17.8 Å². The number of carbonyl (C=O) groups excluding carboxylic acids is 2. The fraction of sp³-hybridized carbons (Fsp3) is 0.800. The number of esters is 1.